The molecule has 0 unspecified atom stereocenters. The topological polar surface area (TPSA) is 30.0 Å². The van der Waals surface area contributed by atoms with Crippen molar-refractivity contribution in [1.82, 2.24) is 4.98 Å². The van der Waals surface area contributed by atoms with Crippen LogP contribution < -0.4 is 0 Å². The zero-order valence-electron chi connectivity index (χ0n) is 8.15. The number of carbonyl (C=O) groups is 1. The molecule has 0 saturated carbocycles. The van der Waals surface area contributed by atoms with Crippen molar-refractivity contribution in [2.24, 2.45) is 0 Å². The molecule has 80 valence electrons. The molecule has 2 nitrogen and oxygen atoms in total. The highest BCUT2D eigenvalue weighted by atomic mass is 35.5. The molecule has 0 bridgehead atoms. The van der Waals surface area contributed by atoms with Gasteiger partial charge in [0, 0.05) is 29.1 Å². The third-order valence-corrected chi connectivity index (χ3v) is 2.45. The fraction of sp³-hybridized carbons (Fsp3) is 0. The van der Waals surface area contributed by atoms with E-state index in [1.54, 1.807) is 18.3 Å². The van der Waals surface area contributed by atoms with Gasteiger partial charge >= 0.3 is 0 Å². The summed E-state index contributed by atoms with van der Waals surface area (Å²) in [5.41, 5.74) is 1.80. The molecular weight excluding hydrogens is 229 g/mol. The Kier molecular flexibility index (Phi) is 2.97. The van der Waals surface area contributed by atoms with Gasteiger partial charge in [-0.3, -0.25) is 9.78 Å². The third kappa shape index (κ3) is 2.09. The smallest absolute Gasteiger partial charge is 0.151 e. The van der Waals surface area contributed by atoms with Crippen molar-refractivity contribution in [2.45, 2.75) is 0 Å². The molecule has 0 spiro atoms. The van der Waals surface area contributed by atoms with Crippen LogP contribution in [0.3, 0.4) is 0 Å². The number of hydrogen-bond acceptors (Lipinski definition) is 2. The van der Waals surface area contributed by atoms with Gasteiger partial charge in [-0.25, -0.2) is 4.39 Å². The summed E-state index contributed by atoms with van der Waals surface area (Å²) < 4.78 is 12.9. The van der Waals surface area contributed by atoms with Crippen molar-refractivity contribution in [1.29, 1.82) is 0 Å². The van der Waals surface area contributed by atoms with E-state index in [2.05, 4.69) is 4.98 Å². The summed E-state index contributed by atoms with van der Waals surface area (Å²) >= 11 is 5.90. The molecule has 1 heterocycles. The zero-order valence-corrected chi connectivity index (χ0v) is 8.91. The molecule has 0 radical (unpaired) electrons. The van der Waals surface area contributed by atoms with E-state index in [1.807, 2.05) is 0 Å². The van der Waals surface area contributed by atoms with Crippen LogP contribution in [0.4, 0.5) is 4.39 Å². The lowest BCUT2D eigenvalue weighted by molar-refractivity contribution is 0.112. The van der Waals surface area contributed by atoms with Gasteiger partial charge in [-0.1, -0.05) is 11.6 Å². The van der Waals surface area contributed by atoms with E-state index in [1.165, 1.54) is 18.3 Å². The molecule has 1 aromatic heterocycles. The molecule has 0 aliphatic rings. The summed E-state index contributed by atoms with van der Waals surface area (Å²) in [5, 5.41) is 0.296. The molecule has 16 heavy (non-hydrogen) atoms. The van der Waals surface area contributed by atoms with E-state index in [4.69, 9.17) is 11.6 Å². The maximum Gasteiger partial charge on any atom is 0.151 e. The van der Waals surface area contributed by atoms with Gasteiger partial charge < -0.3 is 0 Å². The van der Waals surface area contributed by atoms with Crippen LogP contribution in [-0.2, 0) is 0 Å². The number of aldehydes is 1. The maximum atomic E-state index is 12.9. The SMILES string of the molecule is O=Cc1cncc(-c2ccc(F)cc2Cl)c1. The van der Waals surface area contributed by atoms with Gasteiger partial charge in [-0.05, 0) is 24.3 Å². The maximum absolute atomic E-state index is 12.9. The summed E-state index contributed by atoms with van der Waals surface area (Å²) in [6.07, 6.45) is 3.73. The quantitative estimate of drug-likeness (QED) is 0.747. The lowest BCUT2D eigenvalue weighted by atomic mass is 10.1. The van der Waals surface area contributed by atoms with Crippen molar-refractivity contribution in [2.75, 3.05) is 0 Å². The molecule has 0 saturated heterocycles. The van der Waals surface area contributed by atoms with E-state index in [0.29, 0.717) is 28.0 Å². The van der Waals surface area contributed by atoms with Crippen molar-refractivity contribution in [3.63, 3.8) is 0 Å². The van der Waals surface area contributed by atoms with Gasteiger partial charge in [0.2, 0.25) is 0 Å². The van der Waals surface area contributed by atoms with Crippen LogP contribution in [0.25, 0.3) is 11.1 Å². The summed E-state index contributed by atoms with van der Waals surface area (Å²) in [7, 11) is 0. The van der Waals surface area contributed by atoms with Crippen molar-refractivity contribution < 1.29 is 9.18 Å². The fourth-order valence-corrected chi connectivity index (χ4v) is 1.67. The highest BCUT2D eigenvalue weighted by Gasteiger charge is 2.05. The van der Waals surface area contributed by atoms with Gasteiger partial charge in [0.05, 0.1) is 5.02 Å². The molecule has 0 aliphatic heterocycles. The minimum absolute atomic E-state index is 0.296. The number of rotatable bonds is 2. The van der Waals surface area contributed by atoms with Gasteiger partial charge in [-0.15, -0.1) is 0 Å². The number of halogens is 2. The molecule has 0 N–H and O–H groups in total. The lowest BCUT2D eigenvalue weighted by Gasteiger charge is -2.04. The van der Waals surface area contributed by atoms with Crippen LogP contribution in [0.1, 0.15) is 10.4 Å². The number of hydrogen-bond donors (Lipinski definition) is 0. The van der Waals surface area contributed by atoms with Crippen LogP contribution in [0.15, 0.2) is 36.7 Å². The lowest BCUT2D eigenvalue weighted by Crippen LogP contribution is -1.87. The molecule has 0 fully saturated rings. The second-order valence-electron chi connectivity index (χ2n) is 3.25. The highest BCUT2D eigenvalue weighted by molar-refractivity contribution is 6.33. The Morgan fingerprint density at radius 2 is 2.06 bits per heavy atom. The van der Waals surface area contributed by atoms with Crippen molar-refractivity contribution in [3.05, 3.63) is 53.1 Å². The first-order chi connectivity index (χ1) is 7.70. The Bertz CT molecular complexity index is 542. The molecule has 0 atom stereocenters. The predicted molar refractivity (Wildman–Crippen MR) is 60.0 cm³/mol. The monoisotopic (exact) mass is 235 g/mol. The van der Waals surface area contributed by atoms with Gasteiger partial charge in [0.25, 0.3) is 0 Å². The minimum Gasteiger partial charge on any atom is -0.298 e. The summed E-state index contributed by atoms with van der Waals surface area (Å²) in [6, 6.07) is 5.75. The van der Waals surface area contributed by atoms with E-state index >= 15 is 0 Å². The normalized spacial score (nSPS) is 10.1. The van der Waals surface area contributed by atoms with Gasteiger partial charge in [0.1, 0.15) is 5.82 Å². The van der Waals surface area contributed by atoms with Crippen LogP contribution in [-0.4, -0.2) is 11.3 Å². The number of nitrogens with zero attached hydrogens (tertiary/aromatic N) is 1. The second kappa shape index (κ2) is 4.41. The van der Waals surface area contributed by atoms with E-state index in [9.17, 15) is 9.18 Å². The fourth-order valence-electron chi connectivity index (χ4n) is 1.39. The standard InChI is InChI=1S/C12H7ClFNO/c13-12-4-10(14)1-2-11(12)9-3-8(7-16)5-15-6-9/h1-7H. The van der Waals surface area contributed by atoms with E-state index in [-0.39, 0.29) is 0 Å². The molecule has 1 aromatic carbocycles. The van der Waals surface area contributed by atoms with Gasteiger partial charge in [-0.2, -0.15) is 0 Å². The third-order valence-electron chi connectivity index (χ3n) is 2.14. The van der Waals surface area contributed by atoms with Gasteiger partial charge in [0.15, 0.2) is 6.29 Å². The summed E-state index contributed by atoms with van der Waals surface area (Å²) in [4.78, 5) is 14.5. The van der Waals surface area contributed by atoms with Crippen LogP contribution in [0.5, 0.6) is 0 Å². The van der Waals surface area contributed by atoms with Crippen LogP contribution >= 0.6 is 11.6 Å². The largest absolute Gasteiger partial charge is 0.298 e. The van der Waals surface area contributed by atoms with Crippen molar-refractivity contribution >= 4 is 17.9 Å². The first-order valence-corrected chi connectivity index (χ1v) is 4.94. The average Bonchev–Trinajstić information content (AvgIpc) is 2.29. The number of carbonyl (C=O) groups excluding carboxylic acids is 1. The predicted octanol–water partition coefficient (Wildman–Crippen LogP) is 3.35. The molecule has 0 amide bonds. The zero-order chi connectivity index (χ0) is 11.5. The Labute approximate surface area is 96.7 Å². The molecule has 2 rings (SSSR count). The van der Waals surface area contributed by atoms with Crippen LogP contribution in [0, 0.1) is 5.82 Å². The van der Waals surface area contributed by atoms with Crippen LogP contribution in [0.2, 0.25) is 5.02 Å². The van der Waals surface area contributed by atoms with Crippen molar-refractivity contribution in [3.8, 4) is 11.1 Å². The number of aromatic nitrogens is 1. The molecule has 2 aromatic rings. The Balaban J connectivity index is 2.53. The Morgan fingerprint density at radius 3 is 2.75 bits per heavy atom. The first-order valence-electron chi connectivity index (χ1n) is 4.56. The highest BCUT2D eigenvalue weighted by Crippen LogP contribution is 2.28. The second-order valence-corrected chi connectivity index (χ2v) is 3.66. The molecule has 0 aliphatic carbocycles. The average molecular weight is 236 g/mol. The Morgan fingerprint density at radius 1 is 1.25 bits per heavy atom. The number of pyridine rings is 1. The molecule has 4 heteroatoms. The minimum atomic E-state index is -0.395. The number of benzene rings is 1. The molecular formula is C12H7ClFNO. The summed E-state index contributed by atoms with van der Waals surface area (Å²) in [5.74, 6) is -0.395. The summed E-state index contributed by atoms with van der Waals surface area (Å²) in [6.45, 7) is 0. The van der Waals surface area contributed by atoms with E-state index < -0.39 is 5.82 Å². The van der Waals surface area contributed by atoms with E-state index in [0.717, 1.165) is 0 Å². The Hall–Kier alpha value is -1.74. The first kappa shape index (κ1) is 10.8.